The van der Waals surface area contributed by atoms with E-state index in [9.17, 15) is 4.79 Å². The molecule has 138 valence electrons. The fourth-order valence-electron chi connectivity index (χ4n) is 4.12. The number of aryl methyl sites for hydroxylation is 1. The fourth-order valence-corrected chi connectivity index (χ4v) is 4.12. The molecule has 3 atom stereocenters. The minimum Gasteiger partial charge on any atom is -0.377 e. The van der Waals surface area contributed by atoms with E-state index >= 15 is 0 Å². The largest absolute Gasteiger partial charge is 0.377 e. The third-order valence-electron chi connectivity index (χ3n) is 5.45. The summed E-state index contributed by atoms with van der Waals surface area (Å²) < 4.78 is 13.5. The van der Waals surface area contributed by atoms with Crippen molar-refractivity contribution in [3.8, 4) is 0 Å². The second-order valence-corrected chi connectivity index (χ2v) is 7.24. The summed E-state index contributed by atoms with van der Waals surface area (Å²) in [5, 5.41) is 7.90. The quantitative estimate of drug-likeness (QED) is 0.828. The summed E-state index contributed by atoms with van der Waals surface area (Å²) in [4.78, 5) is 14.5. The molecule has 2 fully saturated rings. The van der Waals surface area contributed by atoms with Gasteiger partial charge in [-0.2, -0.15) is 0 Å². The Morgan fingerprint density at radius 3 is 2.88 bits per heavy atom. The van der Waals surface area contributed by atoms with Crippen molar-refractivity contribution < 1.29 is 14.3 Å². The van der Waals surface area contributed by atoms with Gasteiger partial charge in [0.15, 0.2) is 0 Å². The van der Waals surface area contributed by atoms with E-state index in [0.29, 0.717) is 25.6 Å². The Labute approximate surface area is 152 Å². The number of methoxy groups -OCH3 is 1. The van der Waals surface area contributed by atoms with Crippen LogP contribution in [0.4, 0.5) is 0 Å². The molecule has 7 nitrogen and oxygen atoms in total. The maximum atomic E-state index is 12.7. The van der Waals surface area contributed by atoms with Crippen molar-refractivity contribution in [1.29, 1.82) is 0 Å². The number of carbonyl (C=O) groups excluding carboxylic acids is 1. The summed E-state index contributed by atoms with van der Waals surface area (Å²) in [7, 11) is 1.69. The lowest BCUT2D eigenvalue weighted by molar-refractivity contribution is -0.132. The smallest absolute Gasteiger partial charge is 0.244 e. The summed E-state index contributed by atoms with van der Waals surface area (Å²) in [6.07, 6.45) is 2.52. The molecule has 26 heavy (non-hydrogen) atoms. The van der Waals surface area contributed by atoms with Gasteiger partial charge < -0.3 is 14.4 Å². The zero-order valence-corrected chi connectivity index (χ0v) is 15.2. The van der Waals surface area contributed by atoms with Gasteiger partial charge >= 0.3 is 0 Å². The minimum atomic E-state index is -0.427. The van der Waals surface area contributed by atoms with E-state index in [0.717, 1.165) is 12.1 Å². The van der Waals surface area contributed by atoms with Gasteiger partial charge in [-0.25, -0.2) is 4.68 Å². The Kier molecular flexibility index (Phi) is 4.50. The van der Waals surface area contributed by atoms with Crippen molar-refractivity contribution in [2.75, 3.05) is 26.8 Å². The number of benzene rings is 1. The molecule has 2 aliphatic rings. The third-order valence-corrected chi connectivity index (χ3v) is 5.45. The number of hydrogen-bond donors (Lipinski definition) is 0. The summed E-state index contributed by atoms with van der Waals surface area (Å²) in [6.45, 7) is 3.81. The number of hydrogen-bond acceptors (Lipinski definition) is 5. The molecule has 4 rings (SSSR count). The molecule has 0 bridgehead atoms. The minimum absolute atomic E-state index is 0.0144. The molecule has 0 aliphatic carbocycles. The normalized spacial score (nSPS) is 28.2. The van der Waals surface area contributed by atoms with Crippen LogP contribution in [0.1, 0.15) is 23.6 Å². The van der Waals surface area contributed by atoms with Crippen LogP contribution in [0.2, 0.25) is 0 Å². The highest BCUT2D eigenvalue weighted by molar-refractivity contribution is 5.76. The molecule has 1 aromatic heterocycles. The van der Waals surface area contributed by atoms with Crippen molar-refractivity contribution >= 4 is 5.91 Å². The highest BCUT2D eigenvalue weighted by Crippen LogP contribution is 2.43. The van der Waals surface area contributed by atoms with E-state index in [1.807, 2.05) is 17.9 Å². The van der Waals surface area contributed by atoms with E-state index in [2.05, 4.69) is 34.6 Å². The van der Waals surface area contributed by atoms with Crippen LogP contribution in [0.5, 0.6) is 0 Å². The third kappa shape index (κ3) is 3.12. The molecule has 0 saturated carbocycles. The predicted molar refractivity (Wildman–Crippen MR) is 94.6 cm³/mol. The lowest BCUT2D eigenvalue weighted by atomic mass is 9.87. The van der Waals surface area contributed by atoms with Crippen molar-refractivity contribution in [2.24, 2.45) is 0 Å². The Balaban J connectivity index is 1.46. The van der Waals surface area contributed by atoms with Crippen LogP contribution >= 0.6 is 0 Å². The molecule has 2 saturated heterocycles. The van der Waals surface area contributed by atoms with Gasteiger partial charge in [0.05, 0.1) is 18.8 Å². The van der Waals surface area contributed by atoms with Gasteiger partial charge in [-0.15, -0.1) is 5.10 Å². The van der Waals surface area contributed by atoms with Crippen LogP contribution in [-0.2, 0) is 20.8 Å². The van der Waals surface area contributed by atoms with Crippen molar-refractivity contribution in [3.05, 3.63) is 47.8 Å². The van der Waals surface area contributed by atoms with Crippen LogP contribution in [-0.4, -0.2) is 64.3 Å². The number of carbonyl (C=O) groups is 1. The SMILES string of the molecule is CO[C@@H]1CN(C(=O)Cn2cc(C)nn2)C[C@]12C[C@@H](c1ccccc1)CO2. The first-order valence-electron chi connectivity index (χ1n) is 8.96. The number of rotatable bonds is 4. The zero-order chi connectivity index (χ0) is 18.1. The number of nitrogens with zero attached hydrogens (tertiary/aromatic N) is 4. The molecule has 1 spiro atoms. The van der Waals surface area contributed by atoms with E-state index in [-0.39, 0.29) is 18.6 Å². The molecular weight excluding hydrogens is 332 g/mol. The molecule has 1 aromatic carbocycles. The van der Waals surface area contributed by atoms with Crippen LogP contribution in [0.15, 0.2) is 36.5 Å². The summed E-state index contributed by atoms with van der Waals surface area (Å²) >= 11 is 0. The second kappa shape index (κ2) is 6.81. The highest BCUT2D eigenvalue weighted by atomic mass is 16.6. The van der Waals surface area contributed by atoms with Gasteiger partial charge in [-0.3, -0.25) is 4.79 Å². The topological polar surface area (TPSA) is 69.5 Å². The van der Waals surface area contributed by atoms with Gasteiger partial charge in [0, 0.05) is 25.8 Å². The molecule has 0 unspecified atom stereocenters. The fraction of sp³-hybridized carbons (Fsp3) is 0.526. The predicted octanol–water partition coefficient (Wildman–Crippen LogP) is 1.39. The number of amides is 1. The van der Waals surface area contributed by atoms with Gasteiger partial charge in [-0.05, 0) is 18.9 Å². The van der Waals surface area contributed by atoms with Crippen LogP contribution in [0.3, 0.4) is 0 Å². The summed E-state index contributed by atoms with van der Waals surface area (Å²) in [5.41, 5.74) is 1.65. The molecule has 7 heteroatoms. The lowest BCUT2D eigenvalue weighted by Gasteiger charge is -2.28. The van der Waals surface area contributed by atoms with Gasteiger partial charge in [0.25, 0.3) is 0 Å². The average molecular weight is 356 g/mol. The first-order chi connectivity index (χ1) is 12.6. The van der Waals surface area contributed by atoms with Gasteiger partial charge in [0.2, 0.25) is 5.91 Å². The number of likely N-dealkylation sites (tertiary alicyclic amines) is 1. The van der Waals surface area contributed by atoms with Gasteiger partial charge in [0.1, 0.15) is 18.2 Å². The number of aromatic nitrogens is 3. The van der Waals surface area contributed by atoms with Crippen LogP contribution in [0.25, 0.3) is 0 Å². The van der Waals surface area contributed by atoms with Crippen molar-refractivity contribution in [1.82, 2.24) is 19.9 Å². The summed E-state index contributed by atoms with van der Waals surface area (Å²) in [5.74, 6) is 0.349. The molecule has 1 amide bonds. The monoisotopic (exact) mass is 356 g/mol. The van der Waals surface area contributed by atoms with Crippen LogP contribution in [0, 0.1) is 6.92 Å². The van der Waals surface area contributed by atoms with E-state index in [1.165, 1.54) is 5.56 Å². The Morgan fingerprint density at radius 2 is 2.19 bits per heavy atom. The standard InChI is InChI=1S/C19H24N4O3/c1-14-9-23(21-20-14)11-18(24)22-10-17(25-2)19(13-22)8-16(12-26-19)15-6-4-3-5-7-15/h3-7,9,16-17H,8,10-13H2,1-2H3/t16-,17-,19-/m1/s1. The zero-order valence-electron chi connectivity index (χ0n) is 15.2. The molecule has 2 aliphatic heterocycles. The van der Waals surface area contributed by atoms with E-state index in [4.69, 9.17) is 9.47 Å². The van der Waals surface area contributed by atoms with Crippen molar-refractivity contribution in [3.63, 3.8) is 0 Å². The number of ether oxygens (including phenoxy) is 2. The molecular formula is C19H24N4O3. The second-order valence-electron chi connectivity index (χ2n) is 7.24. The van der Waals surface area contributed by atoms with E-state index < -0.39 is 5.60 Å². The Morgan fingerprint density at radius 1 is 1.38 bits per heavy atom. The molecule has 3 heterocycles. The van der Waals surface area contributed by atoms with Crippen molar-refractivity contribution in [2.45, 2.75) is 37.5 Å². The molecule has 2 aromatic rings. The Bertz CT molecular complexity index is 778. The van der Waals surface area contributed by atoms with Gasteiger partial charge in [-0.1, -0.05) is 35.5 Å². The van der Waals surface area contributed by atoms with E-state index in [1.54, 1.807) is 18.0 Å². The first kappa shape index (κ1) is 17.2. The maximum Gasteiger partial charge on any atom is 0.244 e. The molecule has 0 N–H and O–H groups in total. The maximum absolute atomic E-state index is 12.7. The average Bonchev–Trinajstić information content (AvgIpc) is 3.36. The highest BCUT2D eigenvalue weighted by Gasteiger charge is 2.54. The lowest BCUT2D eigenvalue weighted by Crippen LogP contribution is -2.42. The van der Waals surface area contributed by atoms with Crippen LogP contribution < -0.4 is 0 Å². The first-order valence-corrected chi connectivity index (χ1v) is 8.96. The Hall–Kier alpha value is -2.25. The summed E-state index contributed by atoms with van der Waals surface area (Å²) in [6, 6.07) is 10.4. The molecule has 0 radical (unpaired) electrons.